The largest absolute Gasteiger partial charge is 0.497 e. The number of aryl methyl sites for hydroxylation is 1. The van der Waals surface area contributed by atoms with Gasteiger partial charge in [0.2, 0.25) is 0 Å². The van der Waals surface area contributed by atoms with Gasteiger partial charge in [0.05, 0.1) is 23.7 Å². The molecule has 112 valence electrons. The topological polar surface area (TPSA) is 64.4 Å². The number of hydrogen-bond acceptors (Lipinski definition) is 3. The van der Waals surface area contributed by atoms with Gasteiger partial charge in [-0.25, -0.2) is 9.78 Å². The van der Waals surface area contributed by atoms with Crippen LogP contribution in [0.4, 0.5) is 0 Å². The average molecular weight is 296 g/mol. The van der Waals surface area contributed by atoms with E-state index in [1.54, 1.807) is 25.3 Å². The van der Waals surface area contributed by atoms with Crippen molar-refractivity contribution in [2.75, 3.05) is 7.11 Å². The second-order valence-corrected chi connectivity index (χ2v) is 5.11. The molecule has 0 amide bonds. The van der Waals surface area contributed by atoms with Gasteiger partial charge in [-0.3, -0.25) is 0 Å². The van der Waals surface area contributed by atoms with E-state index in [0.29, 0.717) is 12.1 Å². The Bertz CT molecular complexity index is 852. The number of carboxylic acid groups (broad SMARTS) is 1. The van der Waals surface area contributed by atoms with Crippen LogP contribution < -0.4 is 4.74 Å². The number of methoxy groups -OCH3 is 1. The molecule has 0 saturated carbocycles. The number of nitrogens with zero attached hydrogens (tertiary/aromatic N) is 2. The maximum atomic E-state index is 11.0. The van der Waals surface area contributed by atoms with Crippen molar-refractivity contribution in [2.45, 2.75) is 13.5 Å². The first kappa shape index (κ1) is 14.1. The van der Waals surface area contributed by atoms with Crippen LogP contribution in [0.5, 0.6) is 5.75 Å². The van der Waals surface area contributed by atoms with E-state index in [0.717, 1.165) is 22.7 Å². The van der Waals surface area contributed by atoms with E-state index in [1.165, 1.54) is 0 Å². The third-order valence-corrected chi connectivity index (χ3v) is 3.66. The number of carboxylic acids is 1. The lowest BCUT2D eigenvalue weighted by molar-refractivity contribution is 0.0697. The molecule has 5 nitrogen and oxygen atoms in total. The van der Waals surface area contributed by atoms with Crippen molar-refractivity contribution in [1.82, 2.24) is 9.55 Å². The Balaban J connectivity index is 2.03. The zero-order valence-electron chi connectivity index (χ0n) is 12.4. The number of carbonyl (C=O) groups is 1. The first-order chi connectivity index (χ1) is 10.6. The number of rotatable bonds is 4. The first-order valence-electron chi connectivity index (χ1n) is 6.91. The van der Waals surface area contributed by atoms with Crippen molar-refractivity contribution in [3.05, 3.63) is 59.4 Å². The van der Waals surface area contributed by atoms with Crippen LogP contribution in [-0.4, -0.2) is 27.7 Å². The summed E-state index contributed by atoms with van der Waals surface area (Å²) in [6, 6.07) is 12.9. The van der Waals surface area contributed by atoms with Gasteiger partial charge in [0.25, 0.3) is 0 Å². The van der Waals surface area contributed by atoms with Gasteiger partial charge in [-0.05, 0) is 42.8 Å². The molecule has 0 aliphatic carbocycles. The molecule has 0 bridgehead atoms. The molecule has 0 radical (unpaired) electrons. The molecule has 3 aromatic rings. The molecule has 0 unspecified atom stereocenters. The third-order valence-electron chi connectivity index (χ3n) is 3.66. The van der Waals surface area contributed by atoms with Crippen LogP contribution in [0.2, 0.25) is 0 Å². The number of hydrogen-bond donors (Lipinski definition) is 1. The lowest BCUT2D eigenvalue weighted by atomic mass is 10.2. The van der Waals surface area contributed by atoms with E-state index >= 15 is 0 Å². The highest BCUT2D eigenvalue weighted by molar-refractivity contribution is 5.92. The number of imidazole rings is 1. The van der Waals surface area contributed by atoms with Crippen LogP contribution in [0.25, 0.3) is 11.0 Å². The fourth-order valence-electron chi connectivity index (χ4n) is 2.54. The van der Waals surface area contributed by atoms with Crippen LogP contribution in [0.1, 0.15) is 21.7 Å². The lowest BCUT2D eigenvalue weighted by Gasteiger charge is -2.08. The summed E-state index contributed by atoms with van der Waals surface area (Å²) in [6.45, 7) is 2.58. The van der Waals surface area contributed by atoms with Crippen LogP contribution >= 0.6 is 0 Å². The predicted molar refractivity (Wildman–Crippen MR) is 83.5 cm³/mol. The minimum absolute atomic E-state index is 0.249. The summed E-state index contributed by atoms with van der Waals surface area (Å²) in [5, 5.41) is 9.06. The number of aromatic carboxylic acids is 1. The Hall–Kier alpha value is -2.82. The zero-order valence-corrected chi connectivity index (χ0v) is 12.4. The molecule has 22 heavy (non-hydrogen) atoms. The number of fused-ring (bicyclic) bond motifs is 1. The minimum Gasteiger partial charge on any atom is -0.497 e. The van der Waals surface area contributed by atoms with Crippen molar-refractivity contribution in [2.24, 2.45) is 0 Å². The Morgan fingerprint density at radius 3 is 2.82 bits per heavy atom. The number of benzene rings is 2. The molecule has 0 saturated heterocycles. The molecule has 0 spiro atoms. The van der Waals surface area contributed by atoms with Crippen molar-refractivity contribution in [1.29, 1.82) is 0 Å². The van der Waals surface area contributed by atoms with Crippen molar-refractivity contribution < 1.29 is 14.6 Å². The van der Waals surface area contributed by atoms with Gasteiger partial charge in [-0.2, -0.15) is 0 Å². The van der Waals surface area contributed by atoms with E-state index in [9.17, 15) is 4.79 Å². The summed E-state index contributed by atoms with van der Waals surface area (Å²) in [5.41, 5.74) is 2.97. The molecule has 5 heteroatoms. The average Bonchev–Trinajstić information content (AvgIpc) is 2.82. The van der Waals surface area contributed by atoms with Gasteiger partial charge in [0, 0.05) is 6.54 Å². The zero-order chi connectivity index (χ0) is 15.7. The molecule has 3 rings (SSSR count). The van der Waals surface area contributed by atoms with Crippen molar-refractivity contribution in [3.8, 4) is 5.75 Å². The SMILES string of the molecule is COc1cccc(Cn2c(C)nc3cc(C(=O)O)ccc32)c1. The van der Waals surface area contributed by atoms with Gasteiger partial charge in [0.15, 0.2) is 0 Å². The summed E-state index contributed by atoms with van der Waals surface area (Å²) in [4.78, 5) is 15.5. The highest BCUT2D eigenvalue weighted by atomic mass is 16.5. The Labute approximate surface area is 127 Å². The maximum Gasteiger partial charge on any atom is 0.335 e. The van der Waals surface area contributed by atoms with E-state index < -0.39 is 5.97 Å². The molecule has 1 N–H and O–H groups in total. The second-order valence-electron chi connectivity index (χ2n) is 5.11. The molecule has 2 aromatic carbocycles. The second kappa shape index (κ2) is 5.52. The predicted octanol–water partition coefficient (Wildman–Crippen LogP) is 3.10. The lowest BCUT2D eigenvalue weighted by Crippen LogP contribution is -2.02. The normalized spacial score (nSPS) is 10.8. The highest BCUT2D eigenvalue weighted by Gasteiger charge is 2.11. The fourth-order valence-corrected chi connectivity index (χ4v) is 2.54. The van der Waals surface area contributed by atoms with Crippen molar-refractivity contribution in [3.63, 3.8) is 0 Å². The molecular weight excluding hydrogens is 280 g/mol. The van der Waals surface area contributed by atoms with E-state index in [4.69, 9.17) is 9.84 Å². The van der Waals surface area contributed by atoms with Crippen LogP contribution in [0, 0.1) is 6.92 Å². The standard InChI is InChI=1S/C17H16N2O3/c1-11-18-15-9-13(17(20)21)6-7-16(15)19(11)10-12-4-3-5-14(8-12)22-2/h3-9H,10H2,1-2H3,(H,20,21). The Kier molecular flexibility index (Phi) is 3.55. The van der Waals surface area contributed by atoms with E-state index in [2.05, 4.69) is 9.55 Å². The summed E-state index contributed by atoms with van der Waals surface area (Å²) in [7, 11) is 1.64. The van der Waals surface area contributed by atoms with Crippen molar-refractivity contribution >= 4 is 17.0 Å². The Morgan fingerprint density at radius 2 is 2.09 bits per heavy atom. The molecule has 1 heterocycles. The van der Waals surface area contributed by atoms with Gasteiger partial charge >= 0.3 is 5.97 Å². The summed E-state index contributed by atoms with van der Waals surface area (Å²) in [5.74, 6) is 0.718. The highest BCUT2D eigenvalue weighted by Crippen LogP contribution is 2.21. The van der Waals surface area contributed by atoms with Gasteiger partial charge < -0.3 is 14.4 Å². The maximum absolute atomic E-state index is 11.0. The van der Waals surface area contributed by atoms with E-state index in [1.807, 2.05) is 31.2 Å². The molecule has 1 aromatic heterocycles. The van der Waals surface area contributed by atoms with E-state index in [-0.39, 0.29) is 5.56 Å². The molecule has 0 atom stereocenters. The van der Waals surface area contributed by atoms with Gasteiger partial charge in [-0.15, -0.1) is 0 Å². The Morgan fingerprint density at radius 1 is 1.27 bits per heavy atom. The van der Waals surface area contributed by atoms with Gasteiger partial charge in [0.1, 0.15) is 11.6 Å². The van der Waals surface area contributed by atoms with Gasteiger partial charge in [-0.1, -0.05) is 12.1 Å². The quantitative estimate of drug-likeness (QED) is 0.803. The monoisotopic (exact) mass is 296 g/mol. The fraction of sp³-hybridized carbons (Fsp3) is 0.176. The summed E-state index contributed by atoms with van der Waals surface area (Å²) < 4.78 is 7.31. The number of ether oxygens (including phenoxy) is 1. The third kappa shape index (κ3) is 2.53. The minimum atomic E-state index is -0.943. The molecular formula is C17H16N2O3. The number of aromatic nitrogens is 2. The summed E-state index contributed by atoms with van der Waals surface area (Å²) in [6.07, 6.45) is 0. The first-order valence-corrected chi connectivity index (χ1v) is 6.91. The molecule has 0 fully saturated rings. The summed E-state index contributed by atoms with van der Waals surface area (Å²) >= 11 is 0. The smallest absolute Gasteiger partial charge is 0.335 e. The van der Waals surface area contributed by atoms with Crippen LogP contribution in [-0.2, 0) is 6.54 Å². The molecule has 0 aliphatic rings. The van der Waals surface area contributed by atoms with Crippen LogP contribution in [0.3, 0.4) is 0 Å². The molecule has 0 aliphatic heterocycles. The van der Waals surface area contributed by atoms with Crippen LogP contribution in [0.15, 0.2) is 42.5 Å².